The molecule has 0 radical (unpaired) electrons. The summed E-state index contributed by atoms with van der Waals surface area (Å²) in [6.45, 7) is 8.96. The number of anilines is 1. The fraction of sp³-hybridized carbons (Fsp3) is 0.647. The van der Waals surface area contributed by atoms with Crippen LogP contribution in [0.15, 0.2) is 18.2 Å². The molecule has 1 aliphatic rings. The molecular formula is C17H28N2. The van der Waals surface area contributed by atoms with E-state index in [1.807, 2.05) is 0 Å². The van der Waals surface area contributed by atoms with Gasteiger partial charge in [0.1, 0.15) is 0 Å². The Kier molecular flexibility index (Phi) is 5.26. The van der Waals surface area contributed by atoms with Gasteiger partial charge in [-0.05, 0) is 55.8 Å². The summed E-state index contributed by atoms with van der Waals surface area (Å²) < 4.78 is 0. The highest BCUT2D eigenvalue weighted by molar-refractivity contribution is 5.53. The van der Waals surface area contributed by atoms with E-state index in [0.717, 1.165) is 12.6 Å². The van der Waals surface area contributed by atoms with Gasteiger partial charge < -0.3 is 10.6 Å². The van der Waals surface area contributed by atoms with Crippen molar-refractivity contribution in [2.45, 2.75) is 58.4 Å². The van der Waals surface area contributed by atoms with E-state index in [2.05, 4.69) is 49.6 Å². The molecule has 106 valence electrons. The van der Waals surface area contributed by atoms with Crippen LogP contribution in [0, 0.1) is 6.92 Å². The molecule has 1 aromatic rings. The number of piperidine rings is 1. The smallest absolute Gasteiger partial charge is 0.0372 e. The summed E-state index contributed by atoms with van der Waals surface area (Å²) in [5, 5.41) is 7.23. The predicted octanol–water partition coefficient (Wildman–Crippen LogP) is 4.06. The van der Waals surface area contributed by atoms with E-state index in [4.69, 9.17) is 0 Å². The maximum atomic E-state index is 3.62. The highest BCUT2D eigenvalue weighted by Crippen LogP contribution is 2.22. The molecular weight excluding hydrogens is 232 g/mol. The normalized spacial score (nSPS) is 19.7. The van der Waals surface area contributed by atoms with Gasteiger partial charge in [0, 0.05) is 18.3 Å². The predicted molar refractivity (Wildman–Crippen MR) is 84.0 cm³/mol. The summed E-state index contributed by atoms with van der Waals surface area (Å²) in [7, 11) is 0. The maximum Gasteiger partial charge on any atom is 0.0372 e. The summed E-state index contributed by atoms with van der Waals surface area (Å²) in [6.07, 6.45) is 5.30. The molecule has 0 aromatic heterocycles. The molecule has 0 bridgehead atoms. The molecule has 1 heterocycles. The van der Waals surface area contributed by atoms with Crippen LogP contribution >= 0.6 is 0 Å². The van der Waals surface area contributed by atoms with Crippen molar-refractivity contribution in [2.24, 2.45) is 0 Å². The van der Waals surface area contributed by atoms with Crippen LogP contribution in [0.4, 0.5) is 5.69 Å². The Morgan fingerprint density at radius 1 is 1.32 bits per heavy atom. The van der Waals surface area contributed by atoms with Crippen LogP contribution in [0.3, 0.4) is 0 Å². The van der Waals surface area contributed by atoms with Crippen molar-refractivity contribution in [3.63, 3.8) is 0 Å². The van der Waals surface area contributed by atoms with Gasteiger partial charge in [0.2, 0.25) is 0 Å². The highest BCUT2D eigenvalue weighted by atomic mass is 14.9. The largest absolute Gasteiger partial charge is 0.385 e. The quantitative estimate of drug-likeness (QED) is 0.834. The van der Waals surface area contributed by atoms with Crippen LogP contribution in [0.2, 0.25) is 0 Å². The van der Waals surface area contributed by atoms with Crippen molar-refractivity contribution in [1.82, 2.24) is 5.32 Å². The van der Waals surface area contributed by atoms with Crippen LogP contribution in [-0.4, -0.2) is 19.1 Å². The SMILES string of the molecule is Cc1ccc(C(C)C)cc1NCCC1CCCCN1. The lowest BCUT2D eigenvalue weighted by Crippen LogP contribution is -2.35. The molecule has 1 unspecified atom stereocenters. The molecule has 19 heavy (non-hydrogen) atoms. The lowest BCUT2D eigenvalue weighted by Gasteiger charge is -2.24. The molecule has 1 aliphatic heterocycles. The van der Waals surface area contributed by atoms with E-state index in [-0.39, 0.29) is 0 Å². The number of hydrogen-bond donors (Lipinski definition) is 2. The first-order valence-corrected chi connectivity index (χ1v) is 7.74. The Bertz CT molecular complexity index is 392. The van der Waals surface area contributed by atoms with Crippen LogP contribution in [0.5, 0.6) is 0 Å². The lowest BCUT2D eigenvalue weighted by atomic mass is 10.00. The van der Waals surface area contributed by atoms with E-state index in [0.29, 0.717) is 5.92 Å². The van der Waals surface area contributed by atoms with Gasteiger partial charge in [-0.3, -0.25) is 0 Å². The number of benzene rings is 1. The van der Waals surface area contributed by atoms with E-state index < -0.39 is 0 Å². The number of aryl methyl sites for hydroxylation is 1. The Morgan fingerprint density at radius 2 is 2.16 bits per heavy atom. The molecule has 2 heteroatoms. The maximum absolute atomic E-state index is 3.62. The van der Waals surface area contributed by atoms with E-state index >= 15 is 0 Å². The first-order valence-electron chi connectivity index (χ1n) is 7.74. The van der Waals surface area contributed by atoms with Gasteiger partial charge in [0.05, 0.1) is 0 Å². The Hall–Kier alpha value is -1.02. The third-order valence-electron chi connectivity index (χ3n) is 4.15. The molecule has 0 aliphatic carbocycles. The second-order valence-corrected chi connectivity index (χ2v) is 6.09. The molecule has 1 fully saturated rings. The molecule has 1 saturated heterocycles. The zero-order valence-electron chi connectivity index (χ0n) is 12.6. The average Bonchev–Trinajstić information content (AvgIpc) is 2.42. The van der Waals surface area contributed by atoms with Crippen LogP contribution in [0.25, 0.3) is 0 Å². The second kappa shape index (κ2) is 6.95. The summed E-state index contributed by atoms with van der Waals surface area (Å²) in [5.41, 5.74) is 4.08. The fourth-order valence-corrected chi connectivity index (χ4v) is 2.74. The van der Waals surface area contributed by atoms with Gasteiger partial charge in [-0.1, -0.05) is 32.4 Å². The summed E-state index contributed by atoms with van der Waals surface area (Å²) in [5.74, 6) is 0.598. The number of hydrogen-bond acceptors (Lipinski definition) is 2. The van der Waals surface area contributed by atoms with Gasteiger partial charge >= 0.3 is 0 Å². The van der Waals surface area contributed by atoms with E-state index in [9.17, 15) is 0 Å². The molecule has 1 aromatic carbocycles. The summed E-state index contributed by atoms with van der Waals surface area (Å²) >= 11 is 0. The fourth-order valence-electron chi connectivity index (χ4n) is 2.74. The molecule has 0 saturated carbocycles. The topological polar surface area (TPSA) is 24.1 Å². The van der Waals surface area contributed by atoms with Crippen molar-refractivity contribution in [3.8, 4) is 0 Å². The van der Waals surface area contributed by atoms with Crippen LogP contribution < -0.4 is 10.6 Å². The minimum Gasteiger partial charge on any atom is -0.385 e. The van der Waals surface area contributed by atoms with Crippen molar-refractivity contribution in [3.05, 3.63) is 29.3 Å². The molecule has 2 N–H and O–H groups in total. The molecule has 2 rings (SSSR count). The number of rotatable bonds is 5. The first kappa shape index (κ1) is 14.4. The van der Waals surface area contributed by atoms with Gasteiger partial charge in [-0.2, -0.15) is 0 Å². The van der Waals surface area contributed by atoms with Crippen LogP contribution in [-0.2, 0) is 0 Å². The van der Waals surface area contributed by atoms with Crippen molar-refractivity contribution in [2.75, 3.05) is 18.4 Å². The molecule has 0 spiro atoms. The minimum atomic E-state index is 0.598. The molecule has 0 amide bonds. The van der Waals surface area contributed by atoms with Crippen molar-refractivity contribution < 1.29 is 0 Å². The van der Waals surface area contributed by atoms with Gasteiger partial charge in [-0.25, -0.2) is 0 Å². The Balaban J connectivity index is 1.86. The average molecular weight is 260 g/mol. The van der Waals surface area contributed by atoms with Gasteiger partial charge in [-0.15, -0.1) is 0 Å². The lowest BCUT2D eigenvalue weighted by molar-refractivity contribution is 0.389. The third kappa shape index (κ3) is 4.24. The Morgan fingerprint density at radius 3 is 2.84 bits per heavy atom. The monoisotopic (exact) mass is 260 g/mol. The van der Waals surface area contributed by atoms with Crippen molar-refractivity contribution >= 4 is 5.69 Å². The third-order valence-corrected chi connectivity index (χ3v) is 4.15. The zero-order chi connectivity index (χ0) is 13.7. The molecule has 2 nitrogen and oxygen atoms in total. The van der Waals surface area contributed by atoms with E-state index in [1.54, 1.807) is 0 Å². The van der Waals surface area contributed by atoms with Gasteiger partial charge in [0.25, 0.3) is 0 Å². The summed E-state index contributed by atoms with van der Waals surface area (Å²) in [6, 6.07) is 7.51. The zero-order valence-corrected chi connectivity index (χ0v) is 12.6. The second-order valence-electron chi connectivity index (χ2n) is 6.09. The number of nitrogens with one attached hydrogen (secondary N) is 2. The minimum absolute atomic E-state index is 0.598. The molecule has 1 atom stereocenters. The highest BCUT2D eigenvalue weighted by Gasteiger charge is 2.11. The van der Waals surface area contributed by atoms with Crippen LogP contribution in [0.1, 0.15) is 56.6 Å². The van der Waals surface area contributed by atoms with E-state index in [1.165, 1.54) is 49.0 Å². The first-order chi connectivity index (χ1) is 9.16. The van der Waals surface area contributed by atoms with Crippen molar-refractivity contribution in [1.29, 1.82) is 0 Å². The Labute approximate surface area is 118 Å². The standard InChI is InChI=1S/C17H28N2/c1-13(2)15-8-7-14(3)17(12-15)19-11-9-16-6-4-5-10-18-16/h7-8,12-13,16,18-19H,4-6,9-11H2,1-3H3. The van der Waals surface area contributed by atoms with Gasteiger partial charge in [0.15, 0.2) is 0 Å². The summed E-state index contributed by atoms with van der Waals surface area (Å²) in [4.78, 5) is 0.